The van der Waals surface area contributed by atoms with Gasteiger partial charge in [0.15, 0.2) is 0 Å². The molecule has 1 aromatic heterocycles. The van der Waals surface area contributed by atoms with Gasteiger partial charge in [0, 0.05) is 0 Å². The van der Waals surface area contributed by atoms with Crippen molar-refractivity contribution in [3.63, 3.8) is 0 Å². The molecule has 0 aliphatic rings. The van der Waals surface area contributed by atoms with Crippen LogP contribution < -0.4 is 15.8 Å². The molecule has 1 heterocycles. The number of methoxy groups -OCH3 is 1. The van der Waals surface area contributed by atoms with Crippen molar-refractivity contribution in [3.8, 4) is 5.75 Å². The van der Waals surface area contributed by atoms with E-state index in [1.54, 1.807) is 7.11 Å². The van der Waals surface area contributed by atoms with E-state index in [4.69, 9.17) is 22.1 Å². The van der Waals surface area contributed by atoms with Gasteiger partial charge in [-0.15, -0.1) is 0 Å². The van der Waals surface area contributed by atoms with Gasteiger partial charge in [-0.1, -0.05) is 12.1 Å². The van der Waals surface area contributed by atoms with E-state index < -0.39 is 0 Å². The average Bonchev–Trinajstić information content (AvgIpc) is 2.37. The van der Waals surface area contributed by atoms with E-state index in [0.717, 1.165) is 11.3 Å². The predicted octanol–water partition coefficient (Wildman–Crippen LogP) is 2.29. The zero-order valence-corrected chi connectivity index (χ0v) is 11.3. The minimum atomic E-state index is -0.0204. The molecule has 0 radical (unpaired) electrons. The molecule has 2 rings (SSSR count). The van der Waals surface area contributed by atoms with Crippen LogP contribution in [-0.2, 0) is 0 Å². The van der Waals surface area contributed by atoms with Crippen molar-refractivity contribution < 1.29 is 4.74 Å². The van der Waals surface area contributed by atoms with Gasteiger partial charge in [-0.25, -0.2) is 0 Å². The predicted molar refractivity (Wildman–Crippen MR) is 74.3 cm³/mol. The SMILES string of the molecule is COc1cccc(C(C)Nc2nc(N)nc(Cl)n2)c1. The lowest BCUT2D eigenvalue weighted by Crippen LogP contribution is -2.11. The molecule has 0 aliphatic heterocycles. The normalized spacial score (nSPS) is 11.9. The Morgan fingerprint density at radius 2 is 2.11 bits per heavy atom. The average molecular weight is 280 g/mol. The minimum Gasteiger partial charge on any atom is -0.497 e. The van der Waals surface area contributed by atoms with Gasteiger partial charge in [0.2, 0.25) is 17.2 Å². The monoisotopic (exact) mass is 279 g/mol. The maximum atomic E-state index is 5.73. The van der Waals surface area contributed by atoms with Gasteiger partial charge in [0.05, 0.1) is 13.2 Å². The molecule has 6 nitrogen and oxygen atoms in total. The van der Waals surface area contributed by atoms with Crippen LogP contribution in [0.25, 0.3) is 0 Å². The van der Waals surface area contributed by atoms with E-state index >= 15 is 0 Å². The second-order valence-corrected chi connectivity index (χ2v) is 4.27. The number of aromatic nitrogens is 3. The Hall–Kier alpha value is -2.08. The summed E-state index contributed by atoms with van der Waals surface area (Å²) in [6, 6.07) is 7.69. The third-order valence-corrected chi connectivity index (χ3v) is 2.73. The molecule has 19 heavy (non-hydrogen) atoms. The van der Waals surface area contributed by atoms with E-state index in [1.165, 1.54) is 0 Å². The van der Waals surface area contributed by atoms with Gasteiger partial charge in [0.1, 0.15) is 5.75 Å². The Kier molecular flexibility index (Phi) is 4.01. The Morgan fingerprint density at radius 1 is 1.32 bits per heavy atom. The molecule has 100 valence electrons. The Labute approximate surface area is 116 Å². The van der Waals surface area contributed by atoms with E-state index in [0.29, 0.717) is 5.95 Å². The number of benzene rings is 1. The zero-order valence-electron chi connectivity index (χ0n) is 10.6. The van der Waals surface area contributed by atoms with Crippen LogP contribution >= 0.6 is 11.6 Å². The molecule has 7 heteroatoms. The molecule has 0 aliphatic carbocycles. The van der Waals surface area contributed by atoms with Crippen LogP contribution in [0, 0.1) is 0 Å². The van der Waals surface area contributed by atoms with Gasteiger partial charge >= 0.3 is 0 Å². The smallest absolute Gasteiger partial charge is 0.229 e. The zero-order chi connectivity index (χ0) is 13.8. The maximum absolute atomic E-state index is 5.73. The lowest BCUT2D eigenvalue weighted by atomic mass is 10.1. The summed E-state index contributed by atoms with van der Waals surface area (Å²) in [6.45, 7) is 1.97. The fourth-order valence-corrected chi connectivity index (χ4v) is 1.78. The summed E-state index contributed by atoms with van der Waals surface area (Å²) in [7, 11) is 1.63. The van der Waals surface area contributed by atoms with E-state index in [2.05, 4.69) is 20.3 Å². The van der Waals surface area contributed by atoms with Crippen molar-refractivity contribution in [2.24, 2.45) is 0 Å². The van der Waals surface area contributed by atoms with Crippen LogP contribution in [0.5, 0.6) is 5.75 Å². The Balaban J connectivity index is 2.17. The Bertz CT molecular complexity index is 558. The van der Waals surface area contributed by atoms with E-state index in [-0.39, 0.29) is 17.3 Å². The summed E-state index contributed by atoms with van der Waals surface area (Å²) in [4.78, 5) is 11.6. The van der Waals surface area contributed by atoms with Gasteiger partial charge in [-0.05, 0) is 36.2 Å². The molecule has 0 saturated heterocycles. The molecule has 1 unspecified atom stereocenters. The molecule has 3 N–H and O–H groups in total. The highest BCUT2D eigenvalue weighted by atomic mass is 35.5. The molecule has 2 aromatic rings. The van der Waals surface area contributed by atoms with Gasteiger partial charge < -0.3 is 15.8 Å². The molecule has 0 amide bonds. The van der Waals surface area contributed by atoms with Crippen LogP contribution in [-0.4, -0.2) is 22.1 Å². The van der Waals surface area contributed by atoms with E-state index in [1.807, 2.05) is 31.2 Å². The number of halogens is 1. The van der Waals surface area contributed by atoms with Crippen molar-refractivity contribution in [2.45, 2.75) is 13.0 Å². The number of anilines is 2. The first-order valence-electron chi connectivity index (χ1n) is 5.66. The molecule has 0 fully saturated rings. The second-order valence-electron chi connectivity index (χ2n) is 3.93. The highest BCUT2D eigenvalue weighted by Crippen LogP contribution is 2.21. The van der Waals surface area contributed by atoms with Gasteiger partial charge in [-0.2, -0.15) is 15.0 Å². The second kappa shape index (κ2) is 5.71. The van der Waals surface area contributed by atoms with Crippen molar-refractivity contribution >= 4 is 23.5 Å². The molecule has 0 saturated carbocycles. The molecular formula is C12H14ClN5O. The highest BCUT2D eigenvalue weighted by molar-refractivity contribution is 6.28. The highest BCUT2D eigenvalue weighted by Gasteiger charge is 2.09. The summed E-state index contributed by atoms with van der Waals surface area (Å²) in [5, 5.41) is 3.17. The number of hydrogen-bond acceptors (Lipinski definition) is 6. The first kappa shape index (κ1) is 13.4. The number of nitrogens with one attached hydrogen (secondary N) is 1. The molecule has 1 aromatic carbocycles. The lowest BCUT2D eigenvalue weighted by molar-refractivity contribution is 0.414. The van der Waals surface area contributed by atoms with Gasteiger partial charge in [-0.3, -0.25) is 0 Å². The quantitative estimate of drug-likeness (QED) is 0.893. The first-order valence-corrected chi connectivity index (χ1v) is 6.04. The summed E-state index contributed by atoms with van der Waals surface area (Å²) < 4.78 is 5.18. The third kappa shape index (κ3) is 3.45. The molecular weight excluding hydrogens is 266 g/mol. The lowest BCUT2D eigenvalue weighted by Gasteiger charge is -2.15. The first-order chi connectivity index (χ1) is 9.08. The number of ether oxygens (including phenoxy) is 1. The topological polar surface area (TPSA) is 86.0 Å². The summed E-state index contributed by atoms with van der Waals surface area (Å²) >= 11 is 5.73. The van der Waals surface area contributed by atoms with E-state index in [9.17, 15) is 0 Å². The third-order valence-electron chi connectivity index (χ3n) is 2.56. The summed E-state index contributed by atoms with van der Waals surface area (Å²) in [5.41, 5.74) is 6.55. The fraction of sp³-hybridized carbons (Fsp3) is 0.250. The van der Waals surface area contributed by atoms with Gasteiger partial charge in [0.25, 0.3) is 0 Å². The van der Waals surface area contributed by atoms with Crippen LogP contribution in [0.4, 0.5) is 11.9 Å². The summed E-state index contributed by atoms with van der Waals surface area (Å²) in [6.07, 6.45) is 0. The largest absolute Gasteiger partial charge is 0.497 e. The maximum Gasteiger partial charge on any atom is 0.229 e. The fourth-order valence-electron chi connectivity index (χ4n) is 1.62. The number of nitrogen functional groups attached to an aromatic ring is 1. The number of nitrogens with zero attached hydrogens (tertiary/aromatic N) is 3. The number of nitrogens with two attached hydrogens (primary N) is 1. The Morgan fingerprint density at radius 3 is 2.79 bits per heavy atom. The molecule has 0 spiro atoms. The van der Waals surface area contributed by atoms with Crippen molar-refractivity contribution in [1.82, 2.24) is 15.0 Å². The van der Waals surface area contributed by atoms with Crippen molar-refractivity contribution in [2.75, 3.05) is 18.2 Å². The van der Waals surface area contributed by atoms with Crippen LogP contribution in [0.3, 0.4) is 0 Å². The van der Waals surface area contributed by atoms with Crippen molar-refractivity contribution in [1.29, 1.82) is 0 Å². The molecule has 1 atom stereocenters. The van der Waals surface area contributed by atoms with Crippen molar-refractivity contribution in [3.05, 3.63) is 35.1 Å². The number of rotatable bonds is 4. The number of hydrogen-bond donors (Lipinski definition) is 2. The summed E-state index contributed by atoms with van der Waals surface area (Å²) in [5.74, 6) is 1.22. The van der Waals surface area contributed by atoms with Crippen LogP contribution in [0.1, 0.15) is 18.5 Å². The minimum absolute atomic E-state index is 0.0204. The van der Waals surface area contributed by atoms with Crippen LogP contribution in [0.2, 0.25) is 5.28 Å². The standard InChI is InChI=1S/C12H14ClN5O/c1-7(8-4-3-5-9(6-8)19-2)15-12-17-10(13)16-11(14)18-12/h3-7H,1-2H3,(H3,14,15,16,17,18). The van der Waals surface area contributed by atoms with Crippen LogP contribution in [0.15, 0.2) is 24.3 Å². The molecule has 0 bridgehead atoms.